The zero-order valence-corrected chi connectivity index (χ0v) is 19.0. The molecule has 1 aliphatic heterocycles. The van der Waals surface area contributed by atoms with Gasteiger partial charge in [-0.15, -0.1) is 0 Å². The van der Waals surface area contributed by atoms with Crippen LogP contribution in [0.25, 0.3) is 11.0 Å². The summed E-state index contributed by atoms with van der Waals surface area (Å²) in [5, 5.41) is 7.11. The Balaban J connectivity index is 1.23. The molecule has 5 rings (SSSR count). The molecule has 2 fully saturated rings. The Hall–Kier alpha value is -2.15. The second-order valence-corrected chi connectivity index (χ2v) is 9.35. The normalized spacial score (nSPS) is 17.5. The summed E-state index contributed by atoms with van der Waals surface area (Å²) >= 11 is 12.3. The second kappa shape index (κ2) is 8.41. The first-order valence-corrected chi connectivity index (χ1v) is 11.5. The molecule has 3 aromatic rings. The third-order valence-electron chi connectivity index (χ3n) is 6.28. The van der Waals surface area contributed by atoms with Crippen LogP contribution in [-0.4, -0.2) is 56.7 Å². The van der Waals surface area contributed by atoms with Gasteiger partial charge < -0.3 is 4.90 Å². The quantitative estimate of drug-likeness (QED) is 0.573. The van der Waals surface area contributed by atoms with Crippen molar-refractivity contribution in [3.63, 3.8) is 0 Å². The van der Waals surface area contributed by atoms with Crippen LogP contribution in [0.3, 0.4) is 0 Å². The van der Waals surface area contributed by atoms with E-state index in [1.807, 2.05) is 30.2 Å². The molecule has 0 radical (unpaired) electrons. The van der Waals surface area contributed by atoms with E-state index in [0.717, 1.165) is 41.9 Å². The number of carbonyl (C=O) groups is 1. The lowest BCUT2D eigenvalue weighted by Crippen LogP contribution is -2.49. The summed E-state index contributed by atoms with van der Waals surface area (Å²) in [5.74, 6) is 0.715. The van der Waals surface area contributed by atoms with Gasteiger partial charge in [0.15, 0.2) is 5.65 Å². The summed E-state index contributed by atoms with van der Waals surface area (Å²) in [6.07, 6.45) is 4.31. The maximum atomic E-state index is 13.0. The number of aryl methyl sites for hydroxylation is 1. The zero-order valence-electron chi connectivity index (χ0n) is 17.5. The van der Waals surface area contributed by atoms with E-state index in [4.69, 9.17) is 23.2 Å². The molecule has 0 atom stereocenters. The van der Waals surface area contributed by atoms with Crippen molar-refractivity contribution in [1.29, 1.82) is 0 Å². The van der Waals surface area contributed by atoms with E-state index in [1.54, 1.807) is 10.7 Å². The molecule has 2 aliphatic rings. The van der Waals surface area contributed by atoms with Crippen molar-refractivity contribution in [2.45, 2.75) is 38.8 Å². The largest absolute Gasteiger partial charge is 0.339 e. The Morgan fingerprint density at radius 2 is 1.90 bits per heavy atom. The minimum absolute atomic E-state index is 0.0900. The van der Waals surface area contributed by atoms with Gasteiger partial charge in [0.2, 0.25) is 5.91 Å². The number of halogens is 2. The molecule has 0 N–H and O–H groups in total. The molecule has 1 aliphatic carbocycles. The third kappa shape index (κ3) is 4.29. The maximum Gasteiger partial charge on any atom is 0.244 e. The van der Waals surface area contributed by atoms with E-state index >= 15 is 0 Å². The molecule has 6 nitrogen and oxygen atoms in total. The number of rotatable bonds is 5. The maximum absolute atomic E-state index is 13.0. The number of benzene rings is 1. The fraction of sp³-hybridized carbons (Fsp3) is 0.435. The van der Waals surface area contributed by atoms with Crippen LogP contribution in [0.4, 0.5) is 0 Å². The van der Waals surface area contributed by atoms with Gasteiger partial charge in [0, 0.05) is 54.4 Å². The van der Waals surface area contributed by atoms with Crippen molar-refractivity contribution in [2.75, 3.05) is 26.2 Å². The minimum Gasteiger partial charge on any atom is -0.339 e. The third-order valence-corrected chi connectivity index (χ3v) is 6.86. The van der Waals surface area contributed by atoms with Crippen molar-refractivity contribution in [2.24, 2.45) is 0 Å². The number of nitrogens with zero attached hydrogens (tertiary/aromatic N) is 5. The van der Waals surface area contributed by atoms with Gasteiger partial charge in [-0.25, -0.2) is 9.67 Å². The van der Waals surface area contributed by atoms with Crippen molar-refractivity contribution in [3.05, 3.63) is 57.3 Å². The molecule has 162 valence electrons. The number of carbonyl (C=O) groups excluding carboxylic acids is 1. The first-order chi connectivity index (χ1) is 15.0. The first-order valence-electron chi connectivity index (χ1n) is 10.8. The minimum atomic E-state index is 0.0900. The van der Waals surface area contributed by atoms with Crippen LogP contribution in [0.15, 0.2) is 30.5 Å². The Bertz CT molecular complexity index is 1130. The summed E-state index contributed by atoms with van der Waals surface area (Å²) in [5.41, 5.74) is 4.17. The molecule has 1 saturated carbocycles. The van der Waals surface area contributed by atoms with Crippen LogP contribution in [0.5, 0.6) is 0 Å². The summed E-state index contributed by atoms with van der Waals surface area (Å²) in [4.78, 5) is 21.8. The molecule has 3 heterocycles. The van der Waals surface area contributed by atoms with E-state index < -0.39 is 0 Å². The second-order valence-electron chi connectivity index (χ2n) is 8.51. The highest BCUT2D eigenvalue weighted by Gasteiger charge is 2.28. The highest BCUT2D eigenvalue weighted by molar-refractivity contribution is 6.35. The highest BCUT2D eigenvalue weighted by Crippen LogP contribution is 2.43. The summed E-state index contributed by atoms with van der Waals surface area (Å²) in [7, 11) is 0. The first kappa shape index (κ1) is 20.7. The van der Waals surface area contributed by atoms with E-state index in [-0.39, 0.29) is 12.5 Å². The average Bonchev–Trinajstić information content (AvgIpc) is 3.56. The average molecular weight is 458 g/mol. The molecule has 2 aromatic heterocycles. The van der Waals surface area contributed by atoms with Gasteiger partial charge in [-0.3, -0.25) is 9.69 Å². The zero-order chi connectivity index (χ0) is 21.5. The van der Waals surface area contributed by atoms with E-state index in [1.165, 1.54) is 18.4 Å². The van der Waals surface area contributed by atoms with Gasteiger partial charge in [-0.1, -0.05) is 29.3 Å². The van der Waals surface area contributed by atoms with Crippen LogP contribution < -0.4 is 0 Å². The molecular formula is C23H25Cl2N5O. The van der Waals surface area contributed by atoms with Crippen LogP contribution in [0.1, 0.15) is 35.6 Å². The Kier molecular flexibility index (Phi) is 5.63. The van der Waals surface area contributed by atoms with E-state index in [0.29, 0.717) is 29.1 Å². The van der Waals surface area contributed by atoms with Crippen LogP contribution >= 0.6 is 23.2 Å². The molecule has 1 amide bonds. The topological polar surface area (TPSA) is 54.3 Å². The molecule has 1 aromatic carbocycles. The van der Waals surface area contributed by atoms with Gasteiger partial charge in [-0.2, -0.15) is 5.10 Å². The SMILES string of the molecule is Cc1nn(CC(=O)N2CCN(Cc3ccc(Cl)cc3Cl)CC2)c2nccc(C3CC3)c12. The monoisotopic (exact) mass is 457 g/mol. The molecule has 31 heavy (non-hydrogen) atoms. The summed E-state index contributed by atoms with van der Waals surface area (Å²) in [6, 6.07) is 7.71. The standard InChI is InChI=1S/C23H25Cl2N5O/c1-15-22-19(16-2-3-16)6-7-26-23(22)30(27-15)14-21(31)29-10-8-28(9-11-29)13-17-4-5-18(24)12-20(17)25/h4-7,12,16H,2-3,8-11,13-14H2,1H3. The predicted octanol–water partition coefficient (Wildman–Crippen LogP) is 4.27. The number of hydrogen-bond donors (Lipinski definition) is 0. The number of aromatic nitrogens is 3. The molecule has 0 unspecified atom stereocenters. The van der Waals surface area contributed by atoms with E-state index in [9.17, 15) is 4.79 Å². The van der Waals surface area contributed by atoms with Crippen molar-refractivity contribution in [1.82, 2.24) is 24.6 Å². The van der Waals surface area contributed by atoms with Gasteiger partial charge in [0.05, 0.1) is 5.69 Å². The van der Waals surface area contributed by atoms with E-state index in [2.05, 4.69) is 21.0 Å². The van der Waals surface area contributed by atoms with Crippen molar-refractivity contribution < 1.29 is 4.79 Å². The molecule has 8 heteroatoms. The Morgan fingerprint density at radius 3 is 2.61 bits per heavy atom. The lowest BCUT2D eigenvalue weighted by atomic mass is 10.1. The van der Waals surface area contributed by atoms with Crippen LogP contribution in [-0.2, 0) is 17.9 Å². The van der Waals surface area contributed by atoms with Gasteiger partial charge in [0.1, 0.15) is 6.54 Å². The predicted molar refractivity (Wildman–Crippen MR) is 123 cm³/mol. The molecule has 0 spiro atoms. The number of fused-ring (bicyclic) bond motifs is 1. The summed E-state index contributed by atoms with van der Waals surface area (Å²) in [6.45, 7) is 6.02. The number of amides is 1. The Morgan fingerprint density at radius 1 is 1.13 bits per heavy atom. The smallest absolute Gasteiger partial charge is 0.244 e. The highest BCUT2D eigenvalue weighted by atomic mass is 35.5. The van der Waals surface area contributed by atoms with Crippen LogP contribution in [0, 0.1) is 6.92 Å². The number of hydrogen-bond acceptors (Lipinski definition) is 4. The lowest BCUT2D eigenvalue weighted by Gasteiger charge is -2.35. The fourth-order valence-electron chi connectivity index (χ4n) is 4.43. The van der Waals surface area contributed by atoms with Gasteiger partial charge in [0.25, 0.3) is 0 Å². The van der Waals surface area contributed by atoms with Crippen molar-refractivity contribution >= 4 is 40.1 Å². The number of piperazine rings is 1. The van der Waals surface area contributed by atoms with Gasteiger partial charge >= 0.3 is 0 Å². The number of pyridine rings is 1. The van der Waals surface area contributed by atoms with Crippen molar-refractivity contribution in [3.8, 4) is 0 Å². The lowest BCUT2D eigenvalue weighted by molar-refractivity contribution is -0.133. The Labute approximate surface area is 191 Å². The molecule has 1 saturated heterocycles. The summed E-state index contributed by atoms with van der Waals surface area (Å²) < 4.78 is 1.78. The van der Waals surface area contributed by atoms with Crippen LogP contribution in [0.2, 0.25) is 10.0 Å². The fourth-order valence-corrected chi connectivity index (χ4v) is 4.90. The van der Waals surface area contributed by atoms with Gasteiger partial charge in [-0.05, 0) is 55.0 Å². The molecular weight excluding hydrogens is 433 g/mol. The molecule has 0 bridgehead atoms.